The zero-order valence-corrected chi connectivity index (χ0v) is 17.6. The predicted molar refractivity (Wildman–Crippen MR) is 115 cm³/mol. The van der Waals surface area contributed by atoms with Gasteiger partial charge in [-0.2, -0.15) is 0 Å². The zero-order chi connectivity index (χ0) is 21.1. The van der Waals surface area contributed by atoms with Gasteiger partial charge in [0.15, 0.2) is 0 Å². The molecule has 1 spiro atoms. The summed E-state index contributed by atoms with van der Waals surface area (Å²) in [5, 5.41) is 8.89. The lowest BCUT2D eigenvalue weighted by molar-refractivity contribution is -0.137. The van der Waals surface area contributed by atoms with Gasteiger partial charge >= 0.3 is 5.97 Å². The summed E-state index contributed by atoms with van der Waals surface area (Å²) < 4.78 is 5.58. The number of hydrogen-bond donors (Lipinski definition) is 1. The van der Waals surface area contributed by atoms with Crippen molar-refractivity contribution in [3.05, 3.63) is 58.8 Å². The van der Waals surface area contributed by atoms with Crippen molar-refractivity contribution in [1.82, 2.24) is 9.88 Å². The Kier molecular flexibility index (Phi) is 5.78. The monoisotopic (exact) mass is 404 g/mol. The maximum Gasteiger partial charge on any atom is 0.303 e. The van der Waals surface area contributed by atoms with Gasteiger partial charge in [0, 0.05) is 48.3 Å². The highest BCUT2D eigenvalue weighted by Crippen LogP contribution is 2.52. The van der Waals surface area contributed by atoms with Gasteiger partial charge in [-0.15, -0.1) is 0 Å². The predicted octanol–water partition coefficient (Wildman–Crippen LogP) is 3.98. The highest BCUT2D eigenvalue weighted by atomic mass is 16.5. The van der Waals surface area contributed by atoms with Crippen molar-refractivity contribution in [2.24, 2.45) is 0 Å². The van der Waals surface area contributed by atoms with Gasteiger partial charge in [0.1, 0.15) is 0 Å². The number of carboxylic acids is 1. The minimum Gasteiger partial charge on any atom is -0.481 e. The van der Waals surface area contributed by atoms with E-state index in [-0.39, 0.29) is 17.9 Å². The van der Waals surface area contributed by atoms with Gasteiger partial charge < -0.3 is 9.84 Å². The number of fused-ring (bicyclic) bond motifs is 2. The number of benzene rings is 1. The molecule has 0 amide bonds. The van der Waals surface area contributed by atoms with Crippen molar-refractivity contribution in [3.63, 3.8) is 0 Å². The molecule has 1 aromatic carbocycles. The minimum atomic E-state index is -0.714. The first-order valence-electron chi connectivity index (χ1n) is 10.7. The topological polar surface area (TPSA) is 62.7 Å². The largest absolute Gasteiger partial charge is 0.481 e. The Hall–Kier alpha value is -2.84. The Morgan fingerprint density at radius 2 is 2.00 bits per heavy atom. The fourth-order valence-electron chi connectivity index (χ4n) is 4.20. The van der Waals surface area contributed by atoms with E-state index in [2.05, 4.69) is 39.9 Å². The molecule has 1 fully saturated rings. The van der Waals surface area contributed by atoms with Crippen LogP contribution in [0.1, 0.15) is 61.8 Å². The summed E-state index contributed by atoms with van der Waals surface area (Å²) in [5.74, 6) is 6.40. The van der Waals surface area contributed by atoms with Crippen LogP contribution in [0.5, 0.6) is 5.88 Å². The van der Waals surface area contributed by atoms with Gasteiger partial charge in [-0.05, 0) is 69.0 Å². The highest BCUT2D eigenvalue weighted by Gasteiger charge is 2.48. The van der Waals surface area contributed by atoms with Crippen molar-refractivity contribution in [1.29, 1.82) is 0 Å². The maximum atomic E-state index is 10.8. The number of aromatic nitrogens is 1. The number of nitrogens with zero attached hydrogens (tertiary/aromatic N) is 2. The van der Waals surface area contributed by atoms with Crippen LogP contribution in [0.3, 0.4) is 0 Å². The van der Waals surface area contributed by atoms with Gasteiger partial charge in [-0.1, -0.05) is 17.9 Å². The summed E-state index contributed by atoms with van der Waals surface area (Å²) in [6, 6.07) is 10.3. The number of carboxylic acid groups (broad SMARTS) is 1. The van der Waals surface area contributed by atoms with Crippen LogP contribution in [0, 0.1) is 11.8 Å². The molecule has 1 N–H and O–H groups in total. The summed E-state index contributed by atoms with van der Waals surface area (Å²) in [7, 11) is 0. The van der Waals surface area contributed by atoms with Crippen LogP contribution in [0.25, 0.3) is 0 Å². The number of pyridine rings is 1. The molecule has 2 heterocycles. The lowest BCUT2D eigenvalue weighted by Crippen LogP contribution is -2.38. The van der Waals surface area contributed by atoms with E-state index >= 15 is 0 Å². The van der Waals surface area contributed by atoms with Crippen molar-refractivity contribution in [3.8, 4) is 17.7 Å². The van der Waals surface area contributed by atoms with Gasteiger partial charge in [0.2, 0.25) is 5.88 Å². The number of ether oxygens (including phenoxy) is 1. The summed E-state index contributed by atoms with van der Waals surface area (Å²) in [4.78, 5) is 17.5. The number of rotatable bonds is 6. The van der Waals surface area contributed by atoms with E-state index in [1.165, 1.54) is 24.0 Å². The molecule has 5 heteroatoms. The molecule has 1 aliphatic carbocycles. The molecular formula is C25H28N2O3. The molecule has 2 aromatic rings. The van der Waals surface area contributed by atoms with Crippen LogP contribution in [0.2, 0.25) is 0 Å². The summed E-state index contributed by atoms with van der Waals surface area (Å²) >= 11 is 0. The molecule has 30 heavy (non-hydrogen) atoms. The molecule has 0 saturated heterocycles. The van der Waals surface area contributed by atoms with Gasteiger partial charge in [0.25, 0.3) is 0 Å². The lowest BCUT2D eigenvalue weighted by Gasteiger charge is -2.35. The van der Waals surface area contributed by atoms with Crippen molar-refractivity contribution in [2.75, 3.05) is 13.1 Å². The molecule has 0 unspecified atom stereocenters. The smallest absolute Gasteiger partial charge is 0.303 e. The minimum absolute atomic E-state index is 0.104. The Balaban J connectivity index is 1.46. The SMILES string of the molecule is CC(C)Oc1ccc(C#Cc2ccc3c(c2)C2(CC2)CN(CCCC(=O)O)C3)cn1. The Morgan fingerprint density at radius 1 is 1.23 bits per heavy atom. The summed E-state index contributed by atoms with van der Waals surface area (Å²) in [5.41, 5.74) is 4.93. The summed E-state index contributed by atoms with van der Waals surface area (Å²) in [6.45, 7) is 6.72. The van der Waals surface area contributed by atoms with Crippen LogP contribution >= 0.6 is 0 Å². The third kappa shape index (κ3) is 4.83. The molecule has 0 atom stereocenters. The van der Waals surface area contributed by atoms with Crippen LogP contribution < -0.4 is 4.74 Å². The highest BCUT2D eigenvalue weighted by molar-refractivity contribution is 5.66. The summed E-state index contributed by atoms with van der Waals surface area (Å²) in [6.07, 6.45) is 5.21. The first kappa shape index (κ1) is 20.4. The third-order valence-electron chi connectivity index (χ3n) is 5.76. The molecule has 1 saturated carbocycles. The molecular weight excluding hydrogens is 376 g/mol. The fraction of sp³-hybridized carbons (Fsp3) is 0.440. The van der Waals surface area contributed by atoms with Crippen LogP contribution in [0.4, 0.5) is 0 Å². The molecule has 4 rings (SSSR count). The molecule has 2 aliphatic rings. The standard InChI is InChI=1S/C25H28N2O3/c1-18(2)30-23-10-8-20(15-26-23)6-5-19-7-9-21-16-27(13-3-4-24(28)29)17-25(11-12-25)22(21)14-19/h7-10,14-15,18H,3-4,11-13,16-17H2,1-2H3,(H,28,29). The van der Waals surface area contributed by atoms with Crippen molar-refractivity contribution in [2.45, 2.75) is 57.6 Å². The Bertz CT molecular complexity index is 982. The van der Waals surface area contributed by atoms with Gasteiger partial charge in [0.05, 0.1) is 6.10 Å². The van der Waals surface area contributed by atoms with Crippen LogP contribution in [0.15, 0.2) is 36.5 Å². The maximum absolute atomic E-state index is 10.8. The molecule has 156 valence electrons. The normalized spacial score (nSPS) is 16.6. The zero-order valence-electron chi connectivity index (χ0n) is 17.6. The average Bonchev–Trinajstić information content (AvgIpc) is 3.47. The first-order chi connectivity index (χ1) is 14.4. The lowest BCUT2D eigenvalue weighted by atomic mass is 9.85. The van der Waals surface area contributed by atoms with E-state index in [1.807, 2.05) is 26.0 Å². The molecule has 1 aromatic heterocycles. The second kappa shape index (κ2) is 8.49. The second-order valence-electron chi connectivity index (χ2n) is 8.66. The second-order valence-corrected chi connectivity index (χ2v) is 8.66. The average molecular weight is 405 g/mol. The van der Waals surface area contributed by atoms with Crippen molar-refractivity contribution >= 4 is 5.97 Å². The van der Waals surface area contributed by atoms with E-state index in [9.17, 15) is 4.79 Å². The molecule has 0 bridgehead atoms. The first-order valence-corrected chi connectivity index (χ1v) is 10.7. The number of hydrogen-bond acceptors (Lipinski definition) is 4. The van der Waals surface area contributed by atoms with Crippen LogP contribution in [-0.4, -0.2) is 40.2 Å². The third-order valence-corrected chi connectivity index (χ3v) is 5.76. The molecule has 0 radical (unpaired) electrons. The fourth-order valence-corrected chi connectivity index (χ4v) is 4.20. The van der Waals surface area contributed by atoms with Gasteiger partial charge in [-0.25, -0.2) is 4.98 Å². The Morgan fingerprint density at radius 3 is 2.67 bits per heavy atom. The molecule has 5 nitrogen and oxygen atoms in total. The van der Waals surface area contributed by atoms with E-state index in [4.69, 9.17) is 9.84 Å². The van der Waals surface area contributed by atoms with E-state index in [0.29, 0.717) is 12.3 Å². The quantitative estimate of drug-likeness (QED) is 0.738. The van der Waals surface area contributed by atoms with Crippen molar-refractivity contribution < 1.29 is 14.6 Å². The van der Waals surface area contributed by atoms with E-state index < -0.39 is 5.97 Å². The van der Waals surface area contributed by atoms with Gasteiger partial charge in [-0.3, -0.25) is 9.69 Å². The number of carbonyl (C=O) groups is 1. The van der Waals surface area contributed by atoms with Crippen LogP contribution in [-0.2, 0) is 16.8 Å². The number of aliphatic carboxylic acids is 1. The van der Waals surface area contributed by atoms with E-state index in [1.54, 1.807) is 6.20 Å². The van der Waals surface area contributed by atoms with E-state index in [0.717, 1.165) is 30.8 Å². The Labute approximate surface area is 178 Å². The molecule has 1 aliphatic heterocycles.